The van der Waals surface area contributed by atoms with E-state index >= 15 is 0 Å². The van der Waals surface area contributed by atoms with Gasteiger partial charge in [0.05, 0.1) is 11.1 Å². The molecule has 1 aliphatic heterocycles. The molecule has 0 saturated heterocycles. The van der Waals surface area contributed by atoms with Gasteiger partial charge in [-0.2, -0.15) is 13.5 Å². The van der Waals surface area contributed by atoms with Crippen molar-refractivity contribution >= 4 is 22.2 Å². The molecule has 0 unspecified atom stereocenters. The van der Waals surface area contributed by atoms with Crippen LogP contribution in [0.4, 0.5) is 5.82 Å². The minimum atomic E-state index is -4.18. The molecule has 3 rings (SSSR count). The first-order valence-electron chi connectivity index (χ1n) is 6.33. The number of hydrogen-bond donors (Lipinski definition) is 2. The number of nitrogens with zero attached hydrogens (tertiary/aromatic N) is 3. The molecule has 0 radical (unpaired) electrons. The van der Waals surface area contributed by atoms with Gasteiger partial charge >= 0.3 is 0 Å². The third kappa shape index (κ3) is 2.97. The van der Waals surface area contributed by atoms with Gasteiger partial charge in [-0.1, -0.05) is 12.1 Å². The summed E-state index contributed by atoms with van der Waals surface area (Å²) in [6.45, 7) is 0. The van der Waals surface area contributed by atoms with Crippen molar-refractivity contribution in [3.8, 4) is 11.1 Å². The van der Waals surface area contributed by atoms with Gasteiger partial charge in [0.1, 0.15) is 0 Å². The number of hydrazone groups is 1. The number of rotatable bonds is 3. The largest absolute Gasteiger partial charge is 0.294 e. The van der Waals surface area contributed by atoms with E-state index in [0.717, 1.165) is 11.1 Å². The molecule has 0 aliphatic carbocycles. The van der Waals surface area contributed by atoms with E-state index in [0.29, 0.717) is 5.82 Å². The van der Waals surface area contributed by atoms with Gasteiger partial charge in [-0.05, 0) is 41.5 Å². The zero-order chi connectivity index (χ0) is 15.6. The quantitative estimate of drug-likeness (QED) is 0.839. The summed E-state index contributed by atoms with van der Waals surface area (Å²) in [7, 11) is -4.18. The normalized spacial score (nSPS) is 14.0. The molecule has 0 amide bonds. The summed E-state index contributed by atoms with van der Waals surface area (Å²) in [4.78, 5) is 4.11. The molecule has 1 aliphatic rings. The fourth-order valence-electron chi connectivity index (χ4n) is 1.97. The molecular formula is C14H12N4O3S. The first kappa shape index (κ1) is 14.2. The minimum Gasteiger partial charge on any atom is -0.282 e. The van der Waals surface area contributed by atoms with Crippen molar-refractivity contribution in [1.29, 1.82) is 0 Å². The third-order valence-corrected chi connectivity index (χ3v) is 3.91. The van der Waals surface area contributed by atoms with Crippen LogP contribution in [0, 0.1) is 0 Å². The van der Waals surface area contributed by atoms with Gasteiger partial charge < -0.3 is 0 Å². The average molecular weight is 316 g/mol. The summed E-state index contributed by atoms with van der Waals surface area (Å²) in [5.41, 5.74) is 4.45. The highest BCUT2D eigenvalue weighted by atomic mass is 32.2. The third-order valence-electron chi connectivity index (χ3n) is 3.04. The van der Waals surface area contributed by atoms with Crippen LogP contribution in [0.25, 0.3) is 11.1 Å². The van der Waals surface area contributed by atoms with Crippen molar-refractivity contribution in [2.24, 2.45) is 5.10 Å². The Morgan fingerprint density at radius 1 is 1.09 bits per heavy atom. The fourth-order valence-corrected chi connectivity index (χ4v) is 2.45. The molecule has 0 fully saturated rings. The molecule has 2 N–H and O–H groups in total. The molecule has 1 aromatic heterocycles. The van der Waals surface area contributed by atoms with Crippen molar-refractivity contribution in [2.75, 3.05) is 5.01 Å². The molecule has 8 heteroatoms. The van der Waals surface area contributed by atoms with E-state index < -0.39 is 10.1 Å². The number of allylic oxidation sites excluding steroid dienone is 1. The molecule has 1 aromatic carbocycles. The van der Waals surface area contributed by atoms with E-state index in [2.05, 4.69) is 15.6 Å². The van der Waals surface area contributed by atoms with Crippen LogP contribution in [0.15, 0.2) is 64.9 Å². The Morgan fingerprint density at radius 2 is 1.86 bits per heavy atom. The molecule has 0 saturated carbocycles. The van der Waals surface area contributed by atoms with Gasteiger partial charge in [0.15, 0.2) is 5.82 Å². The lowest BCUT2D eigenvalue weighted by Crippen LogP contribution is -2.31. The topological polar surface area (TPSA) is 94.9 Å². The van der Waals surface area contributed by atoms with E-state index in [1.165, 1.54) is 12.1 Å². The average Bonchev–Trinajstić information content (AvgIpc) is 2.55. The number of hydrazine groups is 1. The summed E-state index contributed by atoms with van der Waals surface area (Å²) in [5.74, 6) is 0.643. The van der Waals surface area contributed by atoms with Crippen LogP contribution in [0.1, 0.15) is 0 Å². The second-order valence-corrected chi connectivity index (χ2v) is 5.91. The Kier molecular flexibility index (Phi) is 3.61. The SMILES string of the molecule is O=S(=O)(O)c1ccc(-c2ccnc(N3C=CC=NN3)c2)cc1. The Hall–Kier alpha value is -2.71. The van der Waals surface area contributed by atoms with Crippen LogP contribution in [0.5, 0.6) is 0 Å². The Balaban J connectivity index is 1.92. The van der Waals surface area contributed by atoms with E-state index in [4.69, 9.17) is 4.55 Å². The van der Waals surface area contributed by atoms with Crippen molar-refractivity contribution in [2.45, 2.75) is 4.90 Å². The maximum Gasteiger partial charge on any atom is 0.294 e. The molecule has 112 valence electrons. The Labute approximate surface area is 127 Å². The zero-order valence-corrected chi connectivity index (χ0v) is 12.1. The first-order chi connectivity index (χ1) is 10.5. The van der Waals surface area contributed by atoms with Crippen LogP contribution in [-0.2, 0) is 10.1 Å². The smallest absolute Gasteiger partial charge is 0.282 e. The number of nitrogens with one attached hydrogen (secondary N) is 1. The maximum absolute atomic E-state index is 11.1. The molecule has 0 spiro atoms. The molecule has 0 atom stereocenters. The summed E-state index contributed by atoms with van der Waals surface area (Å²) in [6, 6.07) is 9.60. The molecule has 2 aromatic rings. The zero-order valence-electron chi connectivity index (χ0n) is 11.3. The summed E-state index contributed by atoms with van der Waals surface area (Å²) < 4.78 is 31.1. The van der Waals surface area contributed by atoms with Gasteiger partial charge in [-0.3, -0.25) is 4.55 Å². The van der Waals surface area contributed by atoms with Crippen molar-refractivity contribution in [3.05, 3.63) is 54.9 Å². The first-order valence-corrected chi connectivity index (χ1v) is 7.77. The number of aromatic nitrogens is 1. The van der Waals surface area contributed by atoms with E-state index in [-0.39, 0.29) is 4.90 Å². The van der Waals surface area contributed by atoms with Crippen LogP contribution in [0.2, 0.25) is 0 Å². The summed E-state index contributed by atoms with van der Waals surface area (Å²) >= 11 is 0. The van der Waals surface area contributed by atoms with E-state index in [1.807, 2.05) is 12.1 Å². The number of pyridine rings is 1. The summed E-state index contributed by atoms with van der Waals surface area (Å²) in [5, 5.41) is 5.55. The predicted octanol–water partition coefficient (Wildman–Crippen LogP) is 1.82. The molecule has 22 heavy (non-hydrogen) atoms. The number of anilines is 1. The lowest BCUT2D eigenvalue weighted by Gasteiger charge is -2.20. The highest BCUT2D eigenvalue weighted by Gasteiger charge is 2.10. The molecule has 7 nitrogen and oxygen atoms in total. The molecule has 0 bridgehead atoms. The van der Waals surface area contributed by atoms with Crippen molar-refractivity contribution in [1.82, 2.24) is 10.5 Å². The van der Waals surface area contributed by atoms with Crippen LogP contribution >= 0.6 is 0 Å². The summed E-state index contributed by atoms with van der Waals surface area (Å²) in [6.07, 6.45) is 6.82. The maximum atomic E-state index is 11.1. The molecule has 2 heterocycles. The predicted molar refractivity (Wildman–Crippen MR) is 82.7 cm³/mol. The van der Waals surface area contributed by atoms with Crippen molar-refractivity contribution < 1.29 is 13.0 Å². The molecular weight excluding hydrogens is 304 g/mol. The van der Waals surface area contributed by atoms with E-state index in [1.54, 1.807) is 41.8 Å². The fraction of sp³-hybridized carbons (Fsp3) is 0. The van der Waals surface area contributed by atoms with Gasteiger partial charge in [-0.15, -0.1) is 0 Å². The highest BCUT2D eigenvalue weighted by molar-refractivity contribution is 7.85. The lowest BCUT2D eigenvalue weighted by atomic mass is 10.1. The second kappa shape index (κ2) is 5.58. The van der Waals surface area contributed by atoms with Crippen LogP contribution in [0.3, 0.4) is 0 Å². The highest BCUT2D eigenvalue weighted by Crippen LogP contribution is 2.24. The minimum absolute atomic E-state index is 0.138. The standard InChI is InChI=1S/C14H12N4O3S/c19-22(20,21)13-4-2-11(3-5-13)12-6-8-15-14(10-12)18-9-1-7-16-17-18/h1-10,17H,(H,19,20,21). The Morgan fingerprint density at radius 3 is 2.50 bits per heavy atom. The van der Waals surface area contributed by atoms with E-state index in [9.17, 15) is 8.42 Å². The van der Waals surface area contributed by atoms with Gasteiger partial charge in [-0.25, -0.2) is 15.5 Å². The van der Waals surface area contributed by atoms with Crippen molar-refractivity contribution in [3.63, 3.8) is 0 Å². The lowest BCUT2D eigenvalue weighted by molar-refractivity contribution is 0.483. The number of benzene rings is 1. The van der Waals surface area contributed by atoms with Gasteiger partial charge in [0.2, 0.25) is 0 Å². The monoisotopic (exact) mass is 316 g/mol. The Bertz CT molecular complexity index is 845. The van der Waals surface area contributed by atoms with Gasteiger partial charge in [0, 0.05) is 12.4 Å². The number of hydrogen-bond acceptors (Lipinski definition) is 6. The second-order valence-electron chi connectivity index (χ2n) is 4.49. The van der Waals surface area contributed by atoms with Crippen LogP contribution in [-0.4, -0.2) is 24.2 Å². The van der Waals surface area contributed by atoms with Crippen LogP contribution < -0.4 is 10.5 Å². The van der Waals surface area contributed by atoms with Gasteiger partial charge in [0.25, 0.3) is 10.1 Å².